The molecule has 1 N–H and O–H groups in total. The summed E-state index contributed by atoms with van der Waals surface area (Å²) in [5.41, 5.74) is 1.97. The molecular weight excluding hydrogens is 364 g/mol. The number of nitrogens with zero attached hydrogens (tertiary/aromatic N) is 3. The Hall–Kier alpha value is -3.15. The van der Waals surface area contributed by atoms with Crippen LogP contribution in [0, 0.1) is 5.92 Å². The van der Waals surface area contributed by atoms with E-state index in [4.69, 9.17) is 0 Å². The number of anilines is 2. The predicted octanol–water partition coefficient (Wildman–Crippen LogP) is 3.91. The second kappa shape index (κ2) is 8.07. The summed E-state index contributed by atoms with van der Waals surface area (Å²) in [5.74, 6) is 0.474. The standard InChI is InChI=1S/C23H26N4O2/c1-3-27-23(29)20-7-5-4-6-19(20)21(25-27)22(28)24-17-8-10-18(11-9-17)26-14-12-16(2)13-15-26/h4-11,16H,3,12-15H2,1-2H3,(H,24,28). The van der Waals surface area contributed by atoms with E-state index in [0.29, 0.717) is 23.0 Å². The van der Waals surface area contributed by atoms with Crippen LogP contribution in [0.5, 0.6) is 0 Å². The van der Waals surface area contributed by atoms with Crippen LogP contribution in [-0.2, 0) is 6.54 Å². The van der Waals surface area contributed by atoms with Gasteiger partial charge in [0.05, 0.1) is 5.39 Å². The number of fused-ring (bicyclic) bond motifs is 1. The Morgan fingerprint density at radius 3 is 2.38 bits per heavy atom. The lowest BCUT2D eigenvalue weighted by molar-refractivity contribution is 0.102. The van der Waals surface area contributed by atoms with E-state index < -0.39 is 0 Å². The van der Waals surface area contributed by atoms with Gasteiger partial charge in [0.15, 0.2) is 5.69 Å². The summed E-state index contributed by atoms with van der Waals surface area (Å²) in [6.07, 6.45) is 2.43. The summed E-state index contributed by atoms with van der Waals surface area (Å²) < 4.78 is 1.33. The van der Waals surface area contributed by atoms with Gasteiger partial charge in [0, 0.05) is 36.4 Å². The molecule has 1 aromatic heterocycles. The Balaban J connectivity index is 1.57. The highest BCUT2D eigenvalue weighted by Gasteiger charge is 2.18. The number of piperidine rings is 1. The van der Waals surface area contributed by atoms with E-state index in [9.17, 15) is 9.59 Å². The third-order valence-corrected chi connectivity index (χ3v) is 5.66. The van der Waals surface area contributed by atoms with Gasteiger partial charge in [-0.3, -0.25) is 9.59 Å². The maximum Gasteiger partial charge on any atom is 0.276 e. The summed E-state index contributed by atoms with van der Waals surface area (Å²) in [6, 6.07) is 15.0. The van der Waals surface area contributed by atoms with Crippen molar-refractivity contribution >= 4 is 28.1 Å². The average Bonchev–Trinajstić information content (AvgIpc) is 2.75. The zero-order valence-electron chi connectivity index (χ0n) is 16.9. The SMILES string of the molecule is CCn1nc(C(=O)Nc2ccc(N3CCC(C)CC3)cc2)c2ccccc2c1=O. The quantitative estimate of drug-likeness (QED) is 0.734. The monoisotopic (exact) mass is 390 g/mol. The fourth-order valence-electron chi connectivity index (χ4n) is 3.83. The molecule has 1 saturated heterocycles. The van der Waals surface area contributed by atoms with Crippen LogP contribution >= 0.6 is 0 Å². The second-order valence-corrected chi connectivity index (χ2v) is 7.69. The molecule has 0 saturated carbocycles. The first-order chi connectivity index (χ1) is 14.1. The number of aromatic nitrogens is 2. The molecule has 0 unspecified atom stereocenters. The first kappa shape index (κ1) is 19.2. The third kappa shape index (κ3) is 3.88. The van der Waals surface area contributed by atoms with Crippen LogP contribution in [0.2, 0.25) is 0 Å². The average molecular weight is 390 g/mol. The summed E-state index contributed by atoms with van der Waals surface area (Å²) >= 11 is 0. The molecule has 0 radical (unpaired) electrons. The van der Waals surface area contributed by atoms with Crippen molar-refractivity contribution in [1.29, 1.82) is 0 Å². The molecule has 0 bridgehead atoms. The molecule has 4 rings (SSSR count). The number of rotatable bonds is 4. The molecule has 6 nitrogen and oxygen atoms in total. The van der Waals surface area contributed by atoms with Gasteiger partial charge >= 0.3 is 0 Å². The van der Waals surface area contributed by atoms with Crippen molar-refractivity contribution in [3.63, 3.8) is 0 Å². The second-order valence-electron chi connectivity index (χ2n) is 7.69. The van der Waals surface area contributed by atoms with Gasteiger partial charge in [-0.05, 0) is 56.0 Å². The number of benzene rings is 2. The number of hydrogen-bond acceptors (Lipinski definition) is 4. The van der Waals surface area contributed by atoms with Crippen molar-refractivity contribution in [2.45, 2.75) is 33.2 Å². The van der Waals surface area contributed by atoms with Crippen LogP contribution in [0.25, 0.3) is 10.8 Å². The molecule has 150 valence electrons. The first-order valence-corrected chi connectivity index (χ1v) is 10.2. The highest BCUT2D eigenvalue weighted by atomic mass is 16.2. The fraction of sp³-hybridized carbons (Fsp3) is 0.348. The predicted molar refractivity (Wildman–Crippen MR) is 117 cm³/mol. The van der Waals surface area contributed by atoms with E-state index in [-0.39, 0.29) is 17.2 Å². The van der Waals surface area contributed by atoms with Gasteiger partial charge in [0.2, 0.25) is 0 Å². The van der Waals surface area contributed by atoms with Crippen molar-refractivity contribution in [1.82, 2.24) is 9.78 Å². The Morgan fingerprint density at radius 1 is 1.07 bits per heavy atom. The molecule has 0 aliphatic carbocycles. The van der Waals surface area contributed by atoms with Crippen molar-refractivity contribution < 1.29 is 4.79 Å². The Kier molecular flexibility index (Phi) is 5.34. The molecule has 2 heterocycles. The van der Waals surface area contributed by atoms with E-state index >= 15 is 0 Å². The zero-order valence-corrected chi connectivity index (χ0v) is 16.9. The number of carbonyl (C=O) groups is 1. The fourth-order valence-corrected chi connectivity index (χ4v) is 3.83. The van der Waals surface area contributed by atoms with Gasteiger partial charge in [-0.2, -0.15) is 5.10 Å². The smallest absolute Gasteiger partial charge is 0.276 e. The van der Waals surface area contributed by atoms with Crippen LogP contribution in [0.1, 0.15) is 37.2 Å². The Morgan fingerprint density at radius 2 is 1.72 bits per heavy atom. The largest absolute Gasteiger partial charge is 0.372 e. The maximum absolute atomic E-state index is 12.9. The number of carbonyl (C=O) groups excluding carboxylic acids is 1. The molecule has 2 aromatic carbocycles. The molecule has 1 aliphatic rings. The summed E-state index contributed by atoms with van der Waals surface area (Å²) in [7, 11) is 0. The lowest BCUT2D eigenvalue weighted by Crippen LogP contribution is -2.32. The Bertz CT molecular complexity index is 1080. The minimum absolute atomic E-state index is 0.181. The van der Waals surface area contributed by atoms with Gasteiger partial charge in [0.1, 0.15) is 0 Å². The van der Waals surface area contributed by atoms with Gasteiger partial charge in [0.25, 0.3) is 11.5 Å². The molecule has 3 aromatic rings. The maximum atomic E-state index is 12.9. The van der Waals surface area contributed by atoms with Crippen LogP contribution < -0.4 is 15.8 Å². The molecule has 0 atom stereocenters. The van der Waals surface area contributed by atoms with E-state index in [1.54, 1.807) is 18.2 Å². The molecule has 1 amide bonds. The minimum atomic E-state index is -0.317. The zero-order chi connectivity index (χ0) is 20.4. The van der Waals surface area contributed by atoms with Crippen molar-refractivity contribution in [2.24, 2.45) is 5.92 Å². The van der Waals surface area contributed by atoms with Gasteiger partial charge in [-0.15, -0.1) is 0 Å². The lowest BCUT2D eigenvalue weighted by atomic mass is 9.99. The van der Waals surface area contributed by atoms with Crippen LogP contribution in [-0.4, -0.2) is 28.8 Å². The van der Waals surface area contributed by atoms with E-state index in [1.165, 1.54) is 23.2 Å². The summed E-state index contributed by atoms with van der Waals surface area (Å²) in [6.45, 7) is 6.69. The van der Waals surface area contributed by atoms with E-state index in [1.807, 2.05) is 37.3 Å². The van der Waals surface area contributed by atoms with E-state index in [2.05, 4.69) is 22.2 Å². The van der Waals surface area contributed by atoms with Crippen molar-refractivity contribution in [3.05, 3.63) is 64.6 Å². The minimum Gasteiger partial charge on any atom is -0.372 e. The number of hydrogen-bond donors (Lipinski definition) is 1. The number of nitrogens with one attached hydrogen (secondary N) is 1. The molecular formula is C23H26N4O2. The Labute approximate surface area is 170 Å². The van der Waals surface area contributed by atoms with Gasteiger partial charge < -0.3 is 10.2 Å². The van der Waals surface area contributed by atoms with Crippen LogP contribution in [0.15, 0.2) is 53.3 Å². The van der Waals surface area contributed by atoms with Crippen molar-refractivity contribution in [3.8, 4) is 0 Å². The van der Waals surface area contributed by atoms with Crippen LogP contribution in [0.3, 0.4) is 0 Å². The molecule has 1 fully saturated rings. The molecule has 1 aliphatic heterocycles. The normalized spacial score (nSPS) is 14.9. The van der Waals surface area contributed by atoms with Crippen molar-refractivity contribution in [2.75, 3.05) is 23.3 Å². The highest BCUT2D eigenvalue weighted by Crippen LogP contribution is 2.24. The third-order valence-electron chi connectivity index (χ3n) is 5.66. The molecule has 6 heteroatoms. The van der Waals surface area contributed by atoms with E-state index in [0.717, 1.165) is 19.0 Å². The molecule has 29 heavy (non-hydrogen) atoms. The first-order valence-electron chi connectivity index (χ1n) is 10.2. The van der Waals surface area contributed by atoms with Gasteiger partial charge in [-0.25, -0.2) is 4.68 Å². The number of aryl methyl sites for hydroxylation is 1. The summed E-state index contributed by atoms with van der Waals surface area (Å²) in [4.78, 5) is 27.8. The topological polar surface area (TPSA) is 67.2 Å². The van der Waals surface area contributed by atoms with Gasteiger partial charge in [-0.1, -0.05) is 25.1 Å². The highest BCUT2D eigenvalue weighted by molar-refractivity contribution is 6.11. The number of amides is 1. The van der Waals surface area contributed by atoms with Crippen LogP contribution in [0.4, 0.5) is 11.4 Å². The molecule has 0 spiro atoms. The summed E-state index contributed by atoms with van der Waals surface area (Å²) in [5, 5.41) is 8.29. The lowest BCUT2D eigenvalue weighted by Gasteiger charge is -2.32.